The topological polar surface area (TPSA) is 80.7 Å². The van der Waals surface area contributed by atoms with Gasteiger partial charge in [-0.1, -0.05) is 11.6 Å². The van der Waals surface area contributed by atoms with E-state index in [1.807, 2.05) is 0 Å². The molecular formula is C12H17ClN2O4. The van der Waals surface area contributed by atoms with Crippen LogP contribution in [-0.4, -0.2) is 49.5 Å². The Kier molecular flexibility index (Phi) is 7.17. The molecular weight excluding hydrogens is 272 g/mol. The zero-order valence-electron chi connectivity index (χ0n) is 10.7. The summed E-state index contributed by atoms with van der Waals surface area (Å²) in [4.78, 5) is 14.9. The number of methoxy groups -OCH3 is 1. The van der Waals surface area contributed by atoms with Crippen LogP contribution in [0.25, 0.3) is 0 Å². The molecule has 0 aliphatic rings. The van der Waals surface area contributed by atoms with Gasteiger partial charge in [0.25, 0.3) is 0 Å². The Balaban J connectivity index is 2.36. The van der Waals surface area contributed by atoms with Gasteiger partial charge in [0.1, 0.15) is 16.5 Å². The molecule has 6 nitrogen and oxygen atoms in total. The number of pyridine rings is 1. The number of aromatic nitrogens is 1. The van der Waals surface area contributed by atoms with Gasteiger partial charge in [0.15, 0.2) is 0 Å². The average molecular weight is 289 g/mol. The van der Waals surface area contributed by atoms with Crippen LogP contribution in [0.1, 0.15) is 16.8 Å². The number of hydrogen-bond donors (Lipinski definition) is 2. The molecule has 0 atom stereocenters. The van der Waals surface area contributed by atoms with Crippen molar-refractivity contribution in [2.75, 3.05) is 38.8 Å². The Morgan fingerprint density at radius 3 is 2.89 bits per heavy atom. The molecule has 0 saturated heterocycles. The minimum Gasteiger partial charge on any atom is -0.478 e. The third-order valence-electron chi connectivity index (χ3n) is 2.28. The lowest BCUT2D eigenvalue weighted by Gasteiger charge is -2.09. The predicted molar refractivity (Wildman–Crippen MR) is 72.0 cm³/mol. The first kappa shape index (κ1) is 15.7. The van der Waals surface area contributed by atoms with Gasteiger partial charge in [-0.25, -0.2) is 9.78 Å². The maximum absolute atomic E-state index is 11.0. The second kappa shape index (κ2) is 8.68. The van der Waals surface area contributed by atoms with Crippen molar-refractivity contribution in [3.8, 4) is 0 Å². The molecule has 0 aliphatic carbocycles. The lowest BCUT2D eigenvalue weighted by atomic mass is 10.2. The second-order valence-corrected chi connectivity index (χ2v) is 4.11. The van der Waals surface area contributed by atoms with E-state index in [2.05, 4.69) is 10.3 Å². The highest BCUT2D eigenvalue weighted by molar-refractivity contribution is 6.29. The molecule has 19 heavy (non-hydrogen) atoms. The lowest BCUT2D eigenvalue weighted by Crippen LogP contribution is -2.12. The molecule has 0 fully saturated rings. The molecule has 0 unspecified atom stereocenters. The van der Waals surface area contributed by atoms with E-state index >= 15 is 0 Å². The lowest BCUT2D eigenvalue weighted by molar-refractivity contribution is 0.0697. The zero-order valence-corrected chi connectivity index (χ0v) is 11.4. The normalized spacial score (nSPS) is 10.4. The Labute approximate surface area is 116 Å². The van der Waals surface area contributed by atoms with Crippen molar-refractivity contribution < 1.29 is 19.4 Å². The summed E-state index contributed by atoms with van der Waals surface area (Å²) in [6.45, 7) is 2.23. The number of halogens is 1. The van der Waals surface area contributed by atoms with Gasteiger partial charge < -0.3 is 19.9 Å². The summed E-state index contributed by atoms with van der Waals surface area (Å²) in [5.74, 6) is -0.764. The van der Waals surface area contributed by atoms with Crippen molar-refractivity contribution in [3.05, 3.63) is 22.8 Å². The molecule has 0 amide bonds. The highest BCUT2D eigenvalue weighted by Crippen LogP contribution is 2.16. The van der Waals surface area contributed by atoms with E-state index in [4.69, 9.17) is 26.2 Å². The van der Waals surface area contributed by atoms with E-state index in [1.165, 1.54) is 12.1 Å². The number of carbonyl (C=O) groups is 1. The van der Waals surface area contributed by atoms with Gasteiger partial charge in [-0.2, -0.15) is 0 Å². The molecule has 1 rings (SSSR count). The SMILES string of the molecule is COCCOCCCNc1nc(Cl)ccc1C(=O)O. The maximum atomic E-state index is 11.0. The minimum absolute atomic E-state index is 0.102. The van der Waals surface area contributed by atoms with Gasteiger partial charge in [0, 0.05) is 20.3 Å². The number of ether oxygens (including phenoxy) is 2. The van der Waals surface area contributed by atoms with Crippen LogP contribution < -0.4 is 5.32 Å². The number of carboxylic acids is 1. The average Bonchev–Trinajstić information content (AvgIpc) is 2.37. The Morgan fingerprint density at radius 1 is 1.42 bits per heavy atom. The third kappa shape index (κ3) is 5.87. The van der Waals surface area contributed by atoms with Gasteiger partial charge in [0.2, 0.25) is 0 Å². The summed E-state index contributed by atoms with van der Waals surface area (Å²) in [7, 11) is 1.61. The third-order valence-corrected chi connectivity index (χ3v) is 2.49. The summed E-state index contributed by atoms with van der Waals surface area (Å²) in [5, 5.41) is 12.2. The molecule has 0 radical (unpaired) electrons. The number of carboxylic acid groups (broad SMARTS) is 1. The van der Waals surface area contributed by atoms with Crippen molar-refractivity contribution in [2.24, 2.45) is 0 Å². The molecule has 106 valence electrons. The van der Waals surface area contributed by atoms with E-state index in [1.54, 1.807) is 7.11 Å². The van der Waals surface area contributed by atoms with E-state index in [9.17, 15) is 4.79 Å². The van der Waals surface area contributed by atoms with Gasteiger partial charge in [0.05, 0.1) is 13.2 Å². The summed E-state index contributed by atoms with van der Waals surface area (Å²) >= 11 is 5.74. The molecule has 2 N–H and O–H groups in total. The number of aromatic carboxylic acids is 1. The number of nitrogens with one attached hydrogen (secondary N) is 1. The Hall–Kier alpha value is -1.37. The van der Waals surface area contributed by atoms with Crippen LogP contribution in [0.2, 0.25) is 5.15 Å². The number of rotatable bonds is 9. The number of anilines is 1. The summed E-state index contributed by atoms with van der Waals surface area (Å²) in [5.41, 5.74) is 0.102. The van der Waals surface area contributed by atoms with Crippen molar-refractivity contribution in [1.29, 1.82) is 0 Å². The summed E-state index contributed by atoms with van der Waals surface area (Å²) < 4.78 is 10.1. The van der Waals surface area contributed by atoms with Crippen molar-refractivity contribution in [3.63, 3.8) is 0 Å². The molecule has 0 saturated carbocycles. The summed E-state index contributed by atoms with van der Waals surface area (Å²) in [6, 6.07) is 2.87. The van der Waals surface area contributed by atoms with Gasteiger partial charge in [-0.05, 0) is 18.6 Å². The number of nitrogens with zero attached hydrogens (tertiary/aromatic N) is 1. The van der Waals surface area contributed by atoms with Crippen molar-refractivity contribution in [2.45, 2.75) is 6.42 Å². The van der Waals surface area contributed by atoms with E-state index in [-0.39, 0.29) is 16.5 Å². The molecule has 0 aliphatic heterocycles. The highest BCUT2D eigenvalue weighted by atomic mass is 35.5. The maximum Gasteiger partial charge on any atom is 0.339 e. The minimum atomic E-state index is -1.04. The van der Waals surface area contributed by atoms with E-state index in [0.717, 1.165) is 6.42 Å². The first-order valence-corrected chi connectivity index (χ1v) is 6.23. The predicted octanol–water partition coefficient (Wildman–Crippen LogP) is 1.90. The first-order chi connectivity index (χ1) is 9.15. The quantitative estimate of drug-likeness (QED) is 0.533. The van der Waals surface area contributed by atoms with E-state index < -0.39 is 5.97 Å². The van der Waals surface area contributed by atoms with Crippen molar-refractivity contribution in [1.82, 2.24) is 4.98 Å². The Morgan fingerprint density at radius 2 is 2.21 bits per heavy atom. The van der Waals surface area contributed by atoms with Crippen LogP contribution in [0.5, 0.6) is 0 Å². The molecule has 0 spiro atoms. The fraction of sp³-hybridized carbons (Fsp3) is 0.500. The first-order valence-electron chi connectivity index (χ1n) is 5.85. The molecule has 0 aromatic carbocycles. The molecule has 1 aromatic heterocycles. The number of hydrogen-bond acceptors (Lipinski definition) is 5. The molecule has 7 heteroatoms. The van der Waals surface area contributed by atoms with Gasteiger partial charge >= 0.3 is 5.97 Å². The van der Waals surface area contributed by atoms with Crippen LogP contribution in [0.3, 0.4) is 0 Å². The zero-order chi connectivity index (χ0) is 14.1. The van der Waals surface area contributed by atoms with Crippen LogP contribution in [0.4, 0.5) is 5.82 Å². The van der Waals surface area contributed by atoms with Crippen LogP contribution in [0, 0.1) is 0 Å². The standard InChI is InChI=1S/C12H17ClN2O4/c1-18-7-8-19-6-2-5-14-11-9(12(16)17)3-4-10(13)15-11/h3-4H,2,5-8H2,1H3,(H,14,15)(H,16,17). The Bertz CT molecular complexity index is 415. The van der Waals surface area contributed by atoms with Crippen molar-refractivity contribution >= 4 is 23.4 Å². The van der Waals surface area contributed by atoms with E-state index in [0.29, 0.717) is 26.4 Å². The monoisotopic (exact) mass is 288 g/mol. The fourth-order valence-corrected chi connectivity index (χ4v) is 1.52. The smallest absolute Gasteiger partial charge is 0.339 e. The van der Waals surface area contributed by atoms with Crippen LogP contribution >= 0.6 is 11.6 Å². The second-order valence-electron chi connectivity index (χ2n) is 3.72. The molecule has 1 heterocycles. The van der Waals surface area contributed by atoms with Gasteiger partial charge in [-0.15, -0.1) is 0 Å². The fourth-order valence-electron chi connectivity index (χ4n) is 1.37. The van der Waals surface area contributed by atoms with Crippen LogP contribution in [0.15, 0.2) is 12.1 Å². The summed E-state index contributed by atoms with van der Waals surface area (Å²) in [6.07, 6.45) is 0.733. The van der Waals surface area contributed by atoms with Gasteiger partial charge in [-0.3, -0.25) is 0 Å². The van der Waals surface area contributed by atoms with Crippen LogP contribution in [-0.2, 0) is 9.47 Å². The largest absolute Gasteiger partial charge is 0.478 e. The highest BCUT2D eigenvalue weighted by Gasteiger charge is 2.11. The molecule has 1 aromatic rings. The molecule has 0 bridgehead atoms.